The molecule has 0 aromatic heterocycles. The third-order valence-corrected chi connectivity index (χ3v) is 4.99. The Hall–Kier alpha value is -1.18. The maximum Gasteiger partial charge on any atom is 0.243 e. The topological polar surface area (TPSA) is 81.4 Å². The Labute approximate surface area is 118 Å². The fourth-order valence-electron chi connectivity index (χ4n) is 2.41. The number of hydrogen-bond donors (Lipinski definition) is 2. The van der Waals surface area contributed by atoms with E-state index in [0.29, 0.717) is 6.61 Å². The predicted molar refractivity (Wildman–Crippen MR) is 74.1 cm³/mol. The van der Waals surface area contributed by atoms with Crippen molar-refractivity contribution in [2.45, 2.75) is 30.8 Å². The number of anilines is 1. The van der Waals surface area contributed by atoms with Gasteiger partial charge in [0.25, 0.3) is 0 Å². The number of benzene rings is 1. The van der Waals surface area contributed by atoms with E-state index < -0.39 is 15.8 Å². The molecule has 0 radical (unpaired) electrons. The smallest absolute Gasteiger partial charge is 0.243 e. The maximum atomic E-state index is 13.7. The van der Waals surface area contributed by atoms with Gasteiger partial charge in [0.2, 0.25) is 10.0 Å². The lowest BCUT2D eigenvalue weighted by Crippen LogP contribution is -2.33. The highest BCUT2D eigenvalue weighted by atomic mass is 32.2. The third kappa shape index (κ3) is 3.28. The fraction of sp³-hybridized carbons (Fsp3) is 0.538. The summed E-state index contributed by atoms with van der Waals surface area (Å²) in [4.78, 5) is -0.376. The minimum atomic E-state index is -3.86. The number of nitrogens with two attached hydrogens (primary N) is 1. The summed E-state index contributed by atoms with van der Waals surface area (Å²) >= 11 is 0. The van der Waals surface area contributed by atoms with E-state index in [1.807, 2.05) is 6.92 Å². The Morgan fingerprint density at radius 1 is 1.50 bits per heavy atom. The van der Waals surface area contributed by atoms with Crippen molar-refractivity contribution >= 4 is 15.7 Å². The Morgan fingerprint density at radius 3 is 2.90 bits per heavy atom. The molecular formula is C13H19FN2O3S. The molecule has 0 spiro atoms. The maximum absolute atomic E-state index is 13.7. The van der Waals surface area contributed by atoms with E-state index in [0.717, 1.165) is 18.9 Å². The predicted octanol–water partition coefficient (Wildman–Crippen LogP) is 1.50. The van der Waals surface area contributed by atoms with E-state index >= 15 is 0 Å². The summed E-state index contributed by atoms with van der Waals surface area (Å²) in [6.07, 6.45) is 1.71. The molecule has 1 aliphatic heterocycles. The molecule has 3 N–H and O–H groups in total. The van der Waals surface area contributed by atoms with E-state index in [-0.39, 0.29) is 29.1 Å². The van der Waals surface area contributed by atoms with Gasteiger partial charge < -0.3 is 10.5 Å². The molecular weight excluding hydrogens is 283 g/mol. The van der Waals surface area contributed by atoms with Crippen LogP contribution < -0.4 is 10.5 Å². The number of rotatable bonds is 5. The second kappa shape index (κ2) is 6.07. The highest BCUT2D eigenvalue weighted by molar-refractivity contribution is 7.89. The van der Waals surface area contributed by atoms with Gasteiger partial charge in [-0.05, 0) is 31.0 Å². The van der Waals surface area contributed by atoms with Crippen LogP contribution in [0.5, 0.6) is 0 Å². The Kier molecular flexibility index (Phi) is 4.62. The largest absolute Gasteiger partial charge is 0.399 e. The molecule has 7 heteroatoms. The van der Waals surface area contributed by atoms with Crippen molar-refractivity contribution in [2.75, 3.05) is 18.9 Å². The normalized spacial score (nSPS) is 23.1. The summed E-state index contributed by atoms with van der Waals surface area (Å²) in [5.74, 6) is -0.709. The molecule has 0 amide bonds. The molecule has 20 heavy (non-hydrogen) atoms. The summed E-state index contributed by atoms with van der Waals surface area (Å²) < 4.78 is 45.8. The zero-order chi connectivity index (χ0) is 14.8. The van der Waals surface area contributed by atoms with E-state index in [2.05, 4.69) is 4.72 Å². The minimum absolute atomic E-state index is 0.0639. The summed E-state index contributed by atoms with van der Waals surface area (Å²) in [5, 5.41) is 0. The van der Waals surface area contributed by atoms with Gasteiger partial charge in [0.15, 0.2) is 0 Å². The molecule has 1 heterocycles. The number of halogens is 1. The highest BCUT2D eigenvalue weighted by Gasteiger charge is 2.28. The van der Waals surface area contributed by atoms with Gasteiger partial charge in [-0.15, -0.1) is 0 Å². The van der Waals surface area contributed by atoms with Crippen LogP contribution in [0.15, 0.2) is 23.1 Å². The van der Waals surface area contributed by atoms with Crippen LogP contribution in [-0.4, -0.2) is 27.7 Å². The van der Waals surface area contributed by atoms with Gasteiger partial charge in [0, 0.05) is 24.8 Å². The first kappa shape index (κ1) is 15.2. The average Bonchev–Trinajstić information content (AvgIpc) is 2.83. The number of hydrogen-bond acceptors (Lipinski definition) is 4. The lowest BCUT2D eigenvalue weighted by Gasteiger charge is -2.17. The van der Waals surface area contributed by atoms with E-state index in [1.54, 1.807) is 0 Å². The standard InChI is InChI=1S/C13H19FN2O3S/c1-2-12-9(5-6-19-12)8-16-20(17,18)13-4-3-10(15)7-11(13)14/h3-4,7,9,12,16H,2,5-6,8,15H2,1H3. The second-order valence-corrected chi connectivity index (χ2v) is 6.64. The first-order chi connectivity index (χ1) is 9.44. The zero-order valence-electron chi connectivity index (χ0n) is 11.3. The van der Waals surface area contributed by atoms with Crippen LogP contribution in [0.1, 0.15) is 19.8 Å². The summed E-state index contributed by atoms with van der Waals surface area (Å²) in [5.41, 5.74) is 5.60. The van der Waals surface area contributed by atoms with E-state index in [4.69, 9.17) is 10.5 Å². The van der Waals surface area contributed by atoms with Crippen LogP contribution in [0.4, 0.5) is 10.1 Å². The summed E-state index contributed by atoms with van der Waals surface area (Å²) in [7, 11) is -3.86. The van der Waals surface area contributed by atoms with Crippen LogP contribution in [0.25, 0.3) is 0 Å². The fourth-order valence-corrected chi connectivity index (χ4v) is 3.56. The van der Waals surface area contributed by atoms with E-state index in [9.17, 15) is 12.8 Å². The van der Waals surface area contributed by atoms with Crippen LogP contribution in [-0.2, 0) is 14.8 Å². The molecule has 0 aliphatic carbocycles. The van der Waals surface area contributed by atoms with Gasteiger partial charge in [-0.2, -0.15) is 0 Å². The third-order valence-electron chi connectivity index (χ3n) is 3.53. The summed E-state index contributed by atoms with van der Waals surface area (Å²) in [6.45, 7) is 2.89. The zero-order valence-corrected chi connectivity index (χ0v) is 12.1. The van der Waals surface area contributed by atoms with Crippen LogP contribution in [0.3, 0.4) is 0 Å². The molecule has 0 saturated carbocycles. The van der Waals surface area contributed by atoms with Crippen molar-refractivity contribution in [3.63, 3.8) is 0 Å². The SMILES string of the molecule is CCC1OCCC1CNS(=O)(=O)c1ccc(N)cc1F. The molecule has 112 valence electrons. The molecule has 1 fully saturated rings. The van der Waals surface area contributed by atoms with Crippen LogP contribution in [0.2, 0.25) is 0 Å². The molecule has 2 unspecified atom stereocenters. The number of nitrogens with one attached hydrogen (secondary N) is 1. The molecule has 5 nitrogen and oxygen atoms in total. The molecule has 1 aromatic rings. The number of ether oxygens (including phenoxy) is 1. The Balaban J connectivity index is 2.07. The monoisotopic (exact) mass is 302 g/mol. The van der Waals surface area contributed by atoms with Gasteiger partial charge in [0.05, 0.1) is 6.10 Å². The van der Waals surface area contributed by atoms with Crippen molar-refractivity contribution < 1.29 is 17.5 Å². The van der Waals surface area contributed by atoms with Crippen molar-refractivity contribution in [3.8, 4) is 0 Å². The quantitative estimate of drug-likeness (QED) is 0.808. The van der Waals surface area contributed by atoms with Gasteiger partial charge in [-0.3, -0.25) is 0 Å². The van der Waals surface area contributed by atoms with Gasteiger partial charge in [0.1, 0.15) is 10.7 Å². The van der Waals surface area contributed by atoms with Gasteiger partial charge in [-0.1, -0.05) is 6.92 Å². The lowest BCUT2D eigenvalue weighted by atomic mass is 10.0. The highest BCUT2D eigenvalue weighted by Crippen LogP contribution is 2.23. The minimum Gasteiger partial charge on any atom is -0.399 e. The van der Waals surface area contributed by atoms with Gasteiger partial charge in [-0.25, -0.2) is 17.5 Å². The van der Waals surface area contributed by atoms with Crippen molar-refractivity contribution in [1.82, 2.24) is 4.72 Å². The molecule has 2 rings (SSSR count). The second-order valence-electron chi connectivity index (χ2n) is 4.91. The average molecular weight is 302 g/mol. The molecule has 1 aromatic carbocycles. The number of sulfonamides is 1. The Morgan fingerprint density at radius 2 is 2.25 bits per heavy atom. The van der Waals surface area contributed by atoms with Crippen LogP contribution in [0, 0.1) is 11.7 Å². The van der Waals surface area contributed by atoms with E-state index in [1.165, 1.54) is 12.1 Å². The molecule has 1 aliphatic rings. The number of nitrogen functional groups attached to an aromatic ring is 1. The van der Waals surface area contributed by atoms with Gasteiger partial charge >= 0.3 is 0 Å². The van der Waals surface area contributed by atoms with Crippen molar-refractivity contribution in [1.29, 1.82) is 0 Å². The summed E-state index contributed by atoms with van der Waals surface area (Å²) in [6, 6.07) is 3.54. The molecule has 0 bridgehead atoms. The lowest BCUT2D eigenvalue weighted by molar-refractivity contribution is 0.0884. The van der Waals surface area contributed by atoms with Crippen molar-refractivity contribution in [3.05, 3.63) is 24.0 Å². The van der Waals surface area contributed by atoms with Crippen LogP contribution >= 0.6 is 0 Å². The molecule has 2 atom stereocenters. The Bertz CT molecular complexity index is 577. The molecule has 1 saturated heterocycles. The first-order valence-electron chi connectivity index (χ1n) is 6.60. The van der Waals surface area contributed by atoms with Crippen molar-refractivity contribution in [2.24, 2.45) is 5.92 Å². The first-order valence-corrected chi connectivity index (χ1v) is 8.08.